The SMILES string of the molecule is CCOc1ccccc1NC(=O)c1ccc(CN(c2cccc(Cl)c2)S(C)(=O)=O)cc1. The van der Waals surface area contributed by atoms with Crippen molar-refractivity contribution in [1.29, 1.82) is 0 Å². The average Bonchev–Trinajstić information content (AvgIpc) is 2.73. The van der Waals surface area contributed by atoms with E-state index in [1.807, 2.05) is 19.1 Å². The molecule has 3 aromatic carbocycles. The fourth-order valence-corrected chi connectivity index (χ4v) is 4.07. The zero-order chi connectivity index (χ0) is 22.4. The molecule has 0 bridgehead atoms. The third-order valence-corrected chi connectivity index (χ3v) is 5.85. The summed E-state index contributed by atoms with van der Waals surface area (Å²) in [6.45, 7) is 2.49. The molecule has 0 aromatic heterocycles. The highest BCUT2D eigenvalue weighted by Gasteiger charge is 2.18. The van der Waals surface area contributed by atoms with Gasteiger partial charge in [0.2, 0.25) is 10.0 Å². The van der Waals surface area contributed by atoms with E-state index in [1.165, 1.54) is 4.31 Å². The lowest BCUT2D eigenvalue weighted by Gasteiger charge is -2.22. The van der Waals surface area contributed by atoms with Gasteiger partial charge < -0.3 is 10.1 Å². The van der Waals surface area contributed by atoms with Crippen LogP contribution in [-0.2, 0) is 16.6 Å². The number of hydrogen-bond acceptors (Lipinski definition) is 4. The fraction of sp³-hybridized carbons (Fsp3) is 0.174. The van der Waals surface area contributed by atoms with Gasteiger partial charge in [-0.25, -0.2) is 8.42 Å². The summed E-state index contributed by atoms with van der Waals surface area (Å²) in [5.74, 6) is 0.314. The molecular weight excluding hydrogens is 436 g/mol. The lowest BCUT2D eigenvalue weighted by molar-refractivity contribution is 0.102. The molecule has 0 aliphatic rings. The molecule has 0 saturated carbocycles. The molecule has 3 rings (SSSR count). The molecule has 0 saturated heterocycles. The van der Waals surface area contributed by atoms with Gasteiger partial charge in [0.05, 0.1) is 30.8 Å². The molecule has 0 aliphatic carbocycles. The normalized spacial score (nSPS) is 11.1. The number of anilines is 2. The summed E-state index contributed by atoms with van der Waals surface area (Å²) in [5, 5.41) is 3.29. The molecule has 0 heterocycles. The van der Waals surface area contributed by atoms with Gasteiger partial charge in [-0.05, 0) is 55.0 Å². The van der Waals surface area contributed by atoms with E-state index in [0.29, 0.717) is 34.3 Å². The number of benzene rings is 3. The van der Waals surface area contributed by atoms with Gasteiger partial charge in [0.1, 0.15) is 5.75 Å². The van der Waals surface area contributed by atoms with Crippen molar-refractivity contribution < 1.29 is 17.9 Å². The van der Waals surface area contributed by atoms with E-state index in [4.69, 9.17) is 16.3 Å². The van der Waals surface area contributed by atoms with Crippen LogP contribution in [0.25, 0.3) is 0 Å². The van der Waals surface area contributed by atoms with Crippen molar-refractivity contribution in [3.05, 3.63) is 88.9 Å². The van der Waals surface area contributed by atoms with Crippen LogP contribution in [0.5, 0.6) is 5.75 Å². The molecule has 162 valence electrons. The number of sulfonamides is 1. The minimum atomic E-state index is -3.53. The Bertz CT molecular complexity index is 1160. The van der Waals surface area contributed by atoms with Gasteiger partial charge in [-0.15, -0.1) is 0 Å². The van der Waals surface area contributed by atoms with Crippen LogP contribution in [-0.4, -0.2) is 27.2 Å². The van der Waals surface area contributed by atoms with Gasteiger partial charge in [0.15, 0.2) is 0 Å². The van der Waals surface area contributed by atoms with E-state index in [2.05, 4.69) is 5.32 Å². The van der Waals surface area contributed by atoms with Crippen molar-refractivity contribution >= 4 is 38.9 Å². The number of carbonyl (C=O) groups is 1. The molecule has 3 aromatic rings. The Morgan fingerprint density at radius 3 is 2.39 bits per heavy atom. The van der Waals surface area contributed by atoms with Crippen LogP contribution >= 0.6 is 11.6 Å². The summed E-state index contributed by atoms with van der Waals surface area (Å²) in [6, 6.07) is 20.7. The summed E-state index contributed by atoms with van der Waals surface area (Å²) in [7, 11) is -3.53. The summed E-state index contributed by atoms with van der Waals surface area (Å²) in [4.78, 5) is 12.6. The van der Waals surface area contributed by atoms with Gasteiger partial charge >= 0.3 is 0 Å². The molecule has 0 aliphatic heterocycles. The number of rotatable bonds is 8. The van der Waals surface area contributed by atoms with Crippen LogP contribution in [0.3, 0.4) is 0 Å². The summed E-state index contributed by atoms with van der Waals surface area (Å²) < 4.78 is 31.4. The Morgan fingerprint density at radius 1 is 1.03 bits per heavy atom. The Labute approximate surface area is 187 Å². The minimum Gasteiger partial charge on any atom is -0.492 e. The first-order valence-corrected chi connectivity index (χ1v) is 11.9. The van der Waals surface area contributed by atoms with E-state index in [0.717, 1.165) is 11.8 Å². The van der Waals surface area contributed by atoms with E-state index in [-0.39, 0.29) is 12.5 Å². The largest absolute Gasteiger partial charge is 0.492 e. The molecular formula is C23H23ClN2O4S. The quantitative estimate of drug-likeness (QED) is 0.517. The van der Waals surface area contributed by atoms with Gasteiger partial charge in [-0.3, -0.25) is 9.10 Å². The minimum absolute atomic E-state index is 0.119. The summed E-state index contributed by atoms with van der Waals surface area (Å²) >= 11 is 6.02. The molecule has 0 radical (unpaired) electrons. The van der Waals surface area contributed by atoms with E-state index in [9.17, 15) is 13.2 Å². The molecule has 6 nitrogen and oxygen atoms in total. The number of carbonyl (C=O) groups excluding carboxylic acids is 1. The van der Waals surface area contributed by atoms with E-state index >= 15 is 0 Å². The highest BCUT2D eigenvalue weighted by Crippen LogP contribution is 2.26. The van der Waals surface area contributed by atoms with Crippen molar-refractivity contribution in [2.75, 3.05) is 22.5 Å². The van der Waals surface area contributed by atoms with E-state index < -0.39 is 10.0 Å². The number of para-hydroxylation sites is 2. The summed E-state index contributed by atoms with van der Waals surface area (Å²) in [5.41, 5.74) is 2.24. The Balaban J connectivity index is 1.77. The van der Waals surface area contributed by atoms with Crippen LogP contribution < -0.4 is 14.4 Å². The molecule has 31 heavy (non-hydrogen) atoms. The zero-order valence-electron chi connectivity index (χ0n) is 17.2. The number of amides is 1. The van der Waals surface area contributed by atoms with Gasteiger partial charge in [-0.2, -0.15) is 0 Å². The van der Waals surface area contributed by atoms with Crippen LogP contribution in [0.15, 0.2) is 72.8 Å². The topological polar surface area (TPSA) is 75.7 Å². The average molecular weight is 459 g/mol. The van der Waals surface area contributed by atoms with E-state index in [1.54, 1.807) is 60.7 Å². The van der Waals surface area contributed by atoms with Crippen molar-refractivity contribution in [3.8, 4) is 5.75 Å². The highest BCUT2D eigenvalue weighted by molar-refractivity contribution is 7.92. The fourth-order valence-electron chi connectivity index (χ4n) is 3.00. The molecule has 1 amide bonds. The van der Waals surface area contributed by atoms with Crippen LogP contribution in [0.4, 0.5) is 11.4 Å². The molecule has 8 heteroatoms. The van der Waals surface area contributed by atoms with Gasteiger partial charge in [-0.1, -0.05) is 41.9 Å². The predicted molar refractivity (Wildman–Crippen MR) is 124 cm³/mol. The van der Waals surface area contributed by atoms with Gasteiger partial charge in [0.25, 0.3) is 5.91 Å². The number of nitrogens with zero attached hydrogens (tertiary/aromatic N) is 1. The first-order chi connectivity index (χ1) is 14.8. The maximum Gasteiger partial charge on any atom is 0.255 e. The number of ether oxygens (including phenoxy) is 1. The van der Waals surface area contributed by atoms with Crippen molar-refractivity contribution in [1.82, 2.24) is 0 Å². The highest BCUT2D eigenvalue weighted by atomic mass is 35.5. The Hall–Kier alpha value is -3.03. The second-order valence-electron chi connectivity index (χ2n) is 6.83. The third kappa shape index (κ3) is 5.99. The monoisotopic (exact) mass is 458 g/mol. The number of nitrogens with one attached hydrogen (secondary N) is 1. The predicted octanol–water partition coefficient (Wildman–Crippen LogP) is 4.96. The molecule has 0 atom stereocenters. The first-order valence-electron chi connectivity index (χ1n) is 9.63. The van der Waals surface area contributed by atoms with Crippen molar-refractivity contribution in [2.45, 2.75) is 13.5 Å². The number of hydrogen-bond donors (Lipinski definition) is 1. The van der Waals surface area contributed by atoms with Gasteiger partial charge in [0, 0.05) is 10.6 Å². The Morgan fingerprint density at radius 2 is 1.74 bits per heavy atom. The van der Waals surface area contributed by atoms with Crippen molar-refractivity contribution in [2.24, 2.45) is 0 Å². The van der Waals surface area contributed by atoms with Crippen LogP contribution in [0.2, 0.25) is 5.02 Å². The third-order valence-electron chi connectivity index (χ3n) is 4.47. The molecule has 1 N–H and O–H groups in total. The second kappa shape index (κ2) is 9.85. The molecule has 0 fully saturated rings. The molecule has 0 unspecified atom stereocenters. The maximum absolute atomic E-state index is 12.6. The summed E-state index contributed by atoms with van der Waals surface area (Å²) in [6.07, 6.45) is 1.14. The lowest BCUT2D eigenvalue weighted by atomic mass is 10.1. The standard InChI is InChI=1S/C23H23ClN2O4S/c1-3-30-22-10-5-4-9-21(22)25-23(27)18-13-11-17(12-14-18)16-26(31(2,28)29)20-8-6-7-19(24)15-20/h4-15H,3,16H2,1-2H3,(H,25,27). The second-order valence-corrected chi connectivity index (χ2v) is 9.17. The number of halogens is 1. The first kappa shape index (κ1) is 22.7. The zero-order valence-corrected chi connectivity index (χ0v) is 18.8. The molecule has 0 spiro atoms. The lowest BCUT2D eigenvalue weighted by Crippen LogP contribution is -2.29. The maximum atomic E-state index is 12.6. The Kier molecular flexibility index (Phi) is 7.20. The smallest absolute Gasteiger partial charge is 0.255 e. The van der Waals surface area contributed by atoms with Crippen LogP contribution in [0, 0.1) is 0 Å². The van der Waals surface area contributed by atoms with Crippen LogP contribution in [0.1, 0.15) is 22.8 Å². The van der Waals surface area contributed by atoms with Crippen molar-refractivity contribution in [3.63, 3.8) is 0 Å².